The molecule has 0 aliphatic carbocycles. The quantitative estimate of drug-likeness (QED) is 0.785. The number of nitrogens with one attached hydrogen (secondary N) is 1. The van der Waals surface area contributed by atoms with Crippen LogP contribution in [0.1, 0.15) is 6.92 Å². The van der Waals surface area contributed by atoms with Gasteiger partial charge in [-0.15, -0.1) is 0 Å². The van der Waals surface area contributed by atoms with Gasteiger partial charge < -0.3 is 14.7 Å². The zero-order valence-electron chi connectivity index (χ0n) is 10.4. The summed E-state index contributed by atoms with van der Waals surface area (Å²) >= 11 is 5.93. The summed E-state index contributed by atoms with van der Waals surface area (Å²) in [6.07, 6.45) is 1.47. The molecule has 19 heavy (non-hydrogen) atoms. The van der Waals surface area contributed by atoms with Gasteiger partial charge in [0, 0.05) is 13.1 Å². The number of anilines is 1. The molecule has 0 saturated carbocycles. The van der Waals surface area contributed by atoms with Crippen molar-refractivity contribution in [1.82, 2.24) is 20.2 Å². The lowest BCUT2D eigenvalue weighted by atomic mass is 10.2. The molecule has 2 unspecified atom stereocenters. The molecule has 0 radical (unpaired) electrons. The monoisotopic (exact) mass is 283 g/mol. The highest BCUT2D eigenvalue weighted by molar-refractivity contribution is 6.28. The van der Waals surface area contributed by atoms with Crippen LogP contribution in [0.25, 0.3) is 11.0 Å². The van der Waals surface area contributed by atoms with E-state index in [0.717, 1.165) is 11.2 Å². The van der Waals surface area contributed by atoms with Crippen LogP contribution in [0.15, 0.2) is 6.20 Å². The van der Waals surface area contributed by atoms with Gasteiger partial charge >= 0.3 is 0 Å². The van der Waals surface area contributed by atoms with Crippen molar-refractivity contribution in [1.29, 1.82) is 0 Å². The second-order valence-electron chi connectivity index (χ2n) is 4.60. The highest BCUT2D eigenvalue weighted by Crippen LogP contribution is 2.26. The number of H-pyrrole nitrogens is 1. The van der Waals surface area contributed by atoms with Gasteiger partial charge in [-0.1, -0.05) is 0 Å². The average Bonchev–Trinajstić information content (AvgIpc) is 2.84. The molecule has 0 aromatic carbocycles. The van der Waals surface area contributed by atoms with Crippen molar-refractivity contribution < 1.29 is 9.84 Å². The molecule has 2 N–H and O–H groups in total. The van der Waals surface area contributed by atoms with Crippen molar-refractivity contribution in [2.45, 2.75) is 19.1 Å². The maximum atomic E-state index is 9.27. The van der Waals surface area contributed by atoms with E-state index >= 15 is 0 Å². The SMILES string of the molecule is CC1CN(c2nc(Cl)nc3[nH]ncc23)CC(CO)O1. The highest BCUT2D eigenvalue weighted by Gasteiger charge is 2.27. The molecule has 1 saturated heterocycles. The Kier molecular flexibility index (Phi) is 3.26. The summed E-state index contributed by atoms with van der Waals surface area (Å²) in [5, 5.41) is 17.0. The largest absolute Gasteiger partial charge is 0.394 e. The lowest BCUT2D eigenvalue weighted by molar-refractivity contribution is -0.0422. The van der Waals surface area contributed by atoms with Gasteiger partial charge in [-0.2, -0.15) is 15.1 Å². The molecule has 0 bridgehead atoms. The Morgan fingerprint density at radius 3 is 3.16 bits per heavy atom. The number of aromatic amines is 1. The van der Waals surface area contributed by atoms with E-state index < -0.39 is 0 Å². The number of aliphatic hydroxyl groups is 1. The van der Waals surface area contributed by atoms with Crippen molar-refractivity contribution in [3.05, 3.63) is 11.5 Å². The zero-order valence-corrected chi connectivity index (χ0v) is 11.1. The first-order chi connectivity index (χ1) is 9.17. The number of aromatic nitrogens is 4. The fourth-order valence-electron chi connectivity index (χ4n) is 2.35. The van der Waals surface area contributed by atoms with Gasteiger partial charge in [0.15, 0.2) is 5.65 Å². The van der Waals surface area contributed by atoms with Crippen LogP contribution < -0.4 is 4.90 Å². The summed E-state index contributed by atoms with van der Waals surface area (Å²) in [6, 6.07) is 0. The van der Waals surface area contributed by atoms with E-state index in [1.807, 2.05) is 11.8 Å². The first-order valence-electron chi connectivity index (χ1n) is 6.05. The van der Waals surface area contributed by atoms with Gasteiger partial charge in [0.05, 0.1) is 30.4 Å². The molecule has 0 spiro atoms. The van der Waals surface area contributed by atoms with Crippen LogP contribution >= 0.6 is 11.6 Å². The standard InChI is InChI=1S/C11H14ClN5O2/c1-6-3-17(4-7(5-18)19-6)10-8-2-13-16-9(8)14-11(12)15-10/h2,6-7,18H,3-5H2,1H3,(H,13,14,15,16). The summed E-state index contributed by atoms with van der Waals surface area (Å²) in [5.41, 5.74) is 0.606. The summed E-state index contributed by atoms with van der Waals surface area (Å²) in [5.74, 6) is 0.720. The van der Waals surface area contributed by atoms with Crippen molar-refractivity contribution in [2.75, 3.05) is 24.6 Å². The Labute approximate surface area is 114 Å². The van der Waals surface area contributed by atoms with Gasteiger partial charge in [-0.25, -0.2) is 0 Å². The fraction of sp³-hybridized carbons (Fsp3) is 0.545. The Bertz CT molecular complexity index is 589. The molecule has 8 heteroatoms. The molecule has 1 aliphatic heterocycles. The third kappa shape index (κ3) is 2.36. The maximum Gasteiger partial charge on any atom is 0.226 e. The molecule has 3 rings (SSSR count). The van der Waals surface area contributed by atoms with Crippen LogP contribution in [0.2, 0.25) is 5.28 Å². The number of morpholine rings is 1. The lowest BCUT2D eigenvalue weighted by Crippen LogP contribution is -2.48. The number of hydrogen-bond donors (Lipinski definition) is 2. The topological polar surface area (TPSA) is 87.2 Å². The summed E-state index contributed by atoms with van der Waals surface area (Å²) in [6.45, 7) is 3.19. The first kappa shape index (κ1) is 12.6. The van der Waals surface area contributed by atoms with Gasteiger partial charge in [0.25, 0.3) is 0 Å². The molecule has 2 aromatic rings. The van der Waals surface area contributed by atoms with Crippen LogP contribution in [0.4, 0.5) is 5.82 Å². The molecular weight excluding hydrogens is 270 g/mol. The van der Waals surface area contributed by atoms with E-state index in [0.29, 0.717) is 18.7 Å². The van der Waals surface area contributed by atoms with Crippen molar-refractivity contribution in [2.24, 2.45) is 0 Å². The van der Waals surface area contributed by atoms with E-state index in [2.05, 4.69) is 20.2 Å². The van der Waals surface area contributed by atoms with Crippen LogP contribution in [-0.2, 0) is 4.74 Å². The minimum Gasteiger partial charge on any atom is -0.394 e. The number of rotatable bonds is 2. The molecule has 1 fully saturated rings. The average molecular weight is 284 g/mol. The van der Waals surface area contributed by atoms with E-state index in [1.54, 1.807) is 6.20 Å². The third-order valence-corrected chi connectivity index (χ3v) is 3.26. The van der Waals surface area contributed by atoms with Crippen molar-refractivity contribution in [3.8, 4) is 0 Å². The number of nitrogens with zero attached hydrogens (tertiary/aromatic N) is 4. The van der Waals surface area contributed by atoms with Gasteiger partial charge in [-0.3, -0.25) is 5.10 Å². The second kappa shape index (κ2) is 4.92. The van der Waals surface area contributed by atoms with E-state index in [9.17, 15) is 5.11 Å². The summed E-state index contributed by atoms with van der Waals surface area (Å²) < 4.78 is 5.62. The van der Waals surface area contributed by atoms with Crippen molar-refractivity contribution >= 4 is 28.5 Å². The number of ether oxygens (including phenoxy) is 1. The molecule has 3 heterocycles. The fourth-order valence-corrected chi connectivity index (χ4v) is 2.52. The van der Waals surface area contributed by atoms with Gasteiger partial charge in [-0.05, 0) is 18.5 Å². The van der Waals surface area contributed by atoms with Crippen LogP contribution in [-0.4, -0.2) is 57.2 Å². The van der Waals surface area contributed by atoms with E-state index in [-0.39, 0.29) is 24.1 Å². The van der Waals surface area contributed by atoms with Crippen LogP contribution in [0.5, 0.6) is 0 Å². The third-order valence-electron chi connectivity index (χ3n) is 3.09. The minimum atomic E-state index is -0.223. The van der Waals surface area contributed by atoms with Gasteiger partial charge in [0.2, 0.25) is 5.28 Å². The Hall–Kier alpha value is -1.44. The van der Waals surface area contributed by atoms with Crippen molar-refractivity contribution in [3.63, 3.8) is 0 Å². The molecule has 7 nitrogen and oxygen atoms in total. The summed E-state index contributed by atoms with van der Waals surface area (Å²) in [7, 11) is 0. The second-order valence-corrected chi connectivity index (χ2v) is 4.94. The number of hydrogen-bond acceptors (Lipinski definition) is 6. The lowest BCUT2D eigenvalue weighted by Gasteiger charge is -2.36. The van der Waals surface area contributed by atoms with Crippen LogP contribution in [0.3, 0.4) is 0 Å². The predicted octanol–water partition coefficient (Wildman–Crippen LogP) is 0.592. The zero-order chi connectivity index (χ0) is 13.4. The van der Waals surface area contributed by atoms with Crippen LogP contribution in [0, 0.1) is 0 Å². The minimum absolute atomic E-state index is 0.0154. The molecule has 0 amide bonds. The predicted molar refractivity (Wildman–Crippen MR) is 70.3 cm³/mol. The number of halogens is 1. The number of aliphatic hydroxyl groups excluding tert-OH is 1. The molecule has 2 atom stereocenters. The van der Waals surface area contributed by atoms with Gasteiger partial charge in [0.1, 0.15) is 5.82 Å². The molecular formula is C11H14ClN5O2. The smallest absolute Gasteiger partial charge is 0.226 e. The summed E-state index contributed by atoms with van der Waals surface area (Å²) in [4.78, 5) is 10.4. The Balaban J connectivity index is 2.00. The normalized spacial score (nSPS) is 24.1. The first-order valence-corrected chi connectivity index (χ1v) is 6.43. The Morgan fingerprint density at radius 2 is 2.37 bits per heavy atom. The number of fused-ring (bicyclic) bond motifs is 1. The molecule has 2 aromatic heterocycles. The Morgan fingerprint density at radius 1 is 1.53 bits per heavy atom. The molecule has 102 valence electrons. The maximum absolute atomic E-state index is 9.27. The molecule has 1 aliphatic rings. The van der Waals surface area contributed by atoms with E-state index in [4.69, 9.17) is 16.3 Å². The highest BCUT2D eigenvalue weighted by atomic mass is 35.5. The van der Waals surface area contributed by atoms with E-state index in [1.165, 1.54) is 0 Å².